The number of hydrogen-bond donors (Lipinski definition) is 0. The molecule has 0 bridgehead atoms. The molecule has 0 aromatic rings. The fraction of sp³-hybridized carbons (Fsp3) is 1.00. The van der Waals surface area contributed by atoms with Gasteiger partial charge in [0.1, 0.15) is 0 Å². The summed E-state index contributed by atoms with van der Waals surface area (Å²) in [6.07, 6.45) is 0. The highest BCUT2D eigenvalue weighted by Crippen LogP contribution is 2.34. The van der Waals surface area contributed by atoms with Gasteiger partial charge in [-0.2, -0.15) is 0 Å². The molecule has 0 fully saturated rings. The van der Waals surface area contributed by atoms with Crippen molar-refractivity contribution >= 4 is 7.82 Å². The maximum Gasteiger partial charge on any atom is 0.267 e. The van der Waals surface area contributed by atoms with Crippen molar-refractivity contribution in [2.45, 2.75) is 6.92 Å². The third-order valence-electron chi connectivity index (χ3n) is 1.40. The first kappa shape index (κ1) is 15.5. The van der Waals surface area contributed by atoms with E-state index in [1.807, 2.05) is 0 Å². The van der Waals surface area contributed by atoms with E-state index in [4.69, 9.17) is 0 Å². The van der Waals surface area contributed by atoms with Gasteiger partial charge in [0.25, 0.3) is 7.82 Å². The quantitative estimate of drug-likeness (QED) is 0.505. The van der Waals surface area contributed by atoms with E-state index in [1.54, 1.807) is 0 Å². The molecule has 82 valence electrons. The summed E-state index contributed by atoms with van der Waals surface area (Å²) in [5.41, 5.74) is 0. The number of phosphoric acid groups is 1. The van der Waals surface area contributed by atoms with Gasteiger partial charge < -0.3 is 18.4 Å². The molecule has 0 aliphatic carbocycles. The van der Waals surface area contributed by atoms with E-state index in [1.165, 1.54) is 6.54 Å². The minimum absolute atomic E-state index is 1.04. The topological polar surface area (TPSA) is 58.6 Å². The molecule has 0 spiro atoms. The van der Waals surface area contributed by atoms with E-state index in [9.17, 15) is 9.46 Å². The number of rotatable bonds is 3. The maximum atomic E-state index is 9.95. The van der Waals surface area contributed by atoms with E-state index < -0.39 is 7.82 Å². The molecule has 0 amide bonds. The van der Waals surface area contributed by atoms with Crippen LogP contribution in [0.3, 0.4) is 0 Å². The van der Waals surface area contributed by atoms with Crippen LogP contribution in [-0.4, -0.2) is 46.4 Å². The van der Waals surface area contributed by atoms with Crippen LogP contribution < -0.4 is 4.89 Å². The molecular weight excluding hydrogens is 193 g/mol. The summed E-state index contributed by atoms with van der Waals surface area (Å²) < 4.78 is 18.8. The zero-order valence-electron chi connectivity index (χ0n) is 9.23. The molecule has 0 aliphatic heterocycles. The smallest absolute Gasteiger partial charge is 0.267 e. The Hall–Kier alpha value is 0.0700. The fourth-order valence-corrected chi connectivity index (χ4v) is 0.224. The minimum atomic E-state index is -3.90. The standard InChI is InChI=1S/C5H14N.C2H7O4P/c1-5-6(2,3)4;1-5-7(3,4)6-2/h5H2,1-4H3;1-2H3,(H,3,4)/q+1;/p-1. The van der Waals surface area contributed by atoms with Gasteiger partial charge in [-0.25, -0.2) is 0 Å². The van der Waals surface area contributed by atoms with Crippen molar-refractivity contribution in [1.29, 1.82) is 0 Å². The van der Waals surface area contributed by atoms with Gasteiger partial charge in [-0.3, -0.25) is 4.57 Å². The molecule has 0 radical (unpaired) electrons. The highest BCUT2D eigenvalue weighted by atomic mass is 31.2. The first-order valence-electron chi connectivity index (χ1n) is 3.91. The lowest BCUT2D eigenvalue weighted by Crippen LogP contribution is -2.33. The summed E-state index contributed by atoms with van der Waals surface area (Å²) in [4.78, 5) is 9.95. The third kappa shape index (κ3) is 14.9. The summed E-state index contributed by atoms with van der Waals surface area (Å²) in [5, 5.41) is 0. The van der Waals surface area contributed by atoms with E-state index in [0.29, 0.717) is 0 Å². The molecule has 0 unspecified atom stereocenters. The second kappa shape index (κ2) is 6.51. The third-order valence-corrected chi connectivity index (χ3v) is 2.29. The Morgan fingerprint density at radius 1 is 1.23 bits per heavy atom. The van der Waals surface area contributed by atoms with Gasteiger partial charge in [0.2, 0.25) is 0 Å². The van der Waals surface area contributed by atoms with Crippen LogP contribution in [0.5, 0.6) is 0 Å². The lowest BCUT2D eigenvalue weighted by molar-refractivity contribution is -0.868. The van der Waals surface area contributed by atoms with Crippen molar-refractivity contribution in [3.8, 4) is 0 Å². The predicted octanol–water partition coefficient (Wildman–Crippen LogP) is 0.460. The van der Waals surface area contributed by atoms with E-state index in [0.717, 1.165) is 18.7 Å². The molecule has 0 saturated carbocycles. The normalized spacial score (nSPS) is 11.9. The van der Waals surface area contributed by atoms with Gasteiger partial charge in [-0.05, 0) is 6.92 Å². The van der Waals surface area contributed by atoms with Crippen molar-refractivity contribution in [1.82, 2.24) is 0 Å². The van der Waals surface area contributed by atoms with Gasteiger partial charge in [-0.1, -0.05) is 0 Å². The average Bonchev–Trinajstić information content (AvgIpc) is 2.04. The second-order valence-electron chi connectivity index (χ2n) is 3.42. The Bertz CT molecular complexity index is 158. The van der Waals surface area contributed by atoms with Gasteiger partial charge in [0.15, 0.2) is 0 Å². The summed E-state index contributed by atoms with van der Waals surface area (Å²) in [6, 6.07) is 0. The molecule has 0 atom stereocenters. The molecule has 0 N–H and O–H groups in total. The van der Waals surface area contributed by atoms with Gasteiger partial charge in [-0.15, -0.1) is 0 Å². The van der Waals surface area contributed by atoms with Crippen molar-refractivity contribution in [3.05, 3.63) is 0 Å². The first-order chi connectivity index (χ1) is 5.68. The summed E-state index contributed by atoms with van der Waals surface area (Å²) in [7, 11) is 4.72. The number of phosphoric ester groups is 1. The fourth-order valence-electron chi connectivity index (χ4n) is 0.0745. The SMILES string of the molecule is CC[N+](C)(C)C.COP(=O)([O-])OC. The van der Waals surface area contributed by atoms with Crippen LogP contribution in [0, 0.1) is 0 Å². The maximum absolute atomic E-state index is 9.95. The van der Waals surface area contributed by atoms with E-state index in [2.05, 4.69) is 37.1 Å². The summed E-state index contributed by atoms with van der Waals surface area (Å²) in [5.74, 6) is 0. The molecule has 6 heteroatoms. The van der Waals surface area contributed by atoms with Crippen LogP contribution in [0.1, 0.15) is 6.92 Å². The van der Waals surface area contributed by atoms with Crippen LogP contribution in [0.4, 0.5) is 0 Å². The van der Waals surface area contributed by atoms with E-state index in [-0.39, 0.29) is 0 Å². The number of quaternary nitrogens is 1. The Labute approximate surface area is 80.5 Å². The first-order valence-corrected chi connectivity index (χ1v) is 5.37. The second-order valence-corrected chi connectivity index (χ2v) is 5.04. The zero-order valence-corrected chi connectivity index (χ0v) is 10.1. The molecule has 0 aromatic heterocycles. The predicted molar refractivity (Wildman–Crippen MR) is 50.2 cm³/mol. The Morgan fingerprint density at radius 3 is 1.46 bits per heavy atom. The molecule has 0 rings (SSSR count). The van der Waals surface area contributed by atoms with Crippen LogP contribution >= 0.6 is 7.82 Å². The Balaban J connectivity index is 0. The largest absolute Gasteiger partial charge is 0.756 e. The Morgan fingerprint density at radius 2 is 1.46 bits per heavy atom. The van der Waals surface area contributed by atoms with Crippen LogP contribution in [0.15, 0.2) is 0 Å². The summed E-state index contributed by atoms with van der Waals surface area (Å²) >= 11 is 0. The van der Waals surface area contributed by atoms with Gasteiger partial charge in [0, 0.05) is 14.2 Å². The highest BCUT2D eigenvalue weighted by Gasteiger charge is 1.98. The molecule has 0 aromatic carbocycles. The van der Waals surface area contributed by atoms with E-state index >= 15 is 0 Å². The number of nitrogens with zero attached hydrogens (tertiary/aromatic N) is 1. The molecular formula is C7H20NO4P. The number of hydrogen-bond acceptors (Lipinski definition) is 4. The van der Waals surface area contributed by atoms with Crippen molar-refractivity contribution < 1.29 is 23.0 Å². The van der Waals surface area contributed by atoms with Crippen LogP contribution in [0.2, 0.25) is 0 Å². The van der Waals surface area contributed by atoms with Crippen LogP contribution in [-0.2, 0) is 13.6 Å². The average molecular weight is 213 g/mol. The van der Waals surface area contributed by atoms with Gasteiger partial charge >= 0.3 is 0 Å². The molecule has 13 heavy (non-hydrogen) atoms. The van der Waals surface area contributed by atoms with Crippen molar-refractivity contribution in [2.75, 3.05) is 41.9 Å². The van der Waals surface area contributed by atoms with Crippen LogP contribution in [0.25, 0.3) is 0 Å². The van der Waals surface area contributed by atoms with Gasteiger partial charge in [0.05, 0.1) is 27.7 Å². The molecule has 0 heterocycles. The van der Waals surface area contributed by atoms with Crippen molar-refractivity contribution in [3.63, 3.8) is 0 Å². The molecule has 0 aliphatic rings. The Kier molecular flexibility index (Phi) is 7.78. The highest BCUT2D eigenvalue weighted by molar-refractivity contribution is 7.45. The minimum Gasteiger partial charge on any atom is -0.756 e. The summed E-state index contributed by atoms with van der Waals surface area (Å²) in [6.45, 7) is 3.39. The zero-order chi connectivity index (χ0) is 11.1. The lowest BCUT2D eigenvalue weighted by Gasteiger charge is -2.20. The lowest BCUT2D eigenvalue weighted by atomic mass is 10.6. The molecule has 0 saturated heterocycles. The monoisotopic (exact) mass is 213 g/mol. The van der Waals surface area contributed by atoms with Crippen molar-refractivity contribution in [2.24, 2.45) is 0 Å². The molecule has 5 nitrogen and oxygen atoms in total.